The molecule has 0 saturated heterocycles. The van der Waals surface area contributed by atoms with Crippen LogP contribution in [-0.4, -0.2) is 74.7 Å². The van der Waals surface area contributed by atoms with Crippen LogP contribution in [0.1, 0.15) is 0 Å². The van der Waals surface area contributed by atoms with E-state index >= 15 is 0 Å². The van der Waals surface area contributed by atoms with Crippen molar-refractivity contribution in [2.75, 3.05) is 0 Å². The normalized spacial score (nSPS) is 0. The molecule has 7 heavy (non-hydrogen) atoms. The van der Waals surface area contributed by atoms with Gasteiger partial charge in [0, 0.05) is 0 Å². The molecule has 0 saturated carbocycles. The van der Waals surface area contributed by atoms with E-state index in [-0.39, 0.29) is 96.6 Å². The molecular weight excluding hydrogens is 318 g/mol. The minimum Gasteiger partial charge on any atom is -2.00 e. The predicted octanol–water partition coefficient (Wildman–Crippen LogP) is -1.62. The summed E-state index contributed by atoms with van der Waals surface area (Å²) in [5.74, 6) is 0. The molecule has 0 atom stereocenters. The van der Waals surface area contributed by atoms with E-state index in [1.54, 1.807) is 0 Å². The third-order valence-corrected chi connectivity index (χ3v) is 0. The average Bonchev–Trinajstić information content (AvgIpc) is 0. The summed E-state index contributed by atoms with van der Waals surface area (Å²) in [4.78, 5) is 0. The molecule has 0 radical (unpaired) electrons. The Hall–Kier alpha value is 2.35. The summed E-state index contributed by atoms with van der Waals surface area (Å²) >= 11 is 0. The maximum atomic E-state index is 0. The van der Waals surface area contributed by atoms with Gasteiger partial charge in [0.2, 0.25) is 0 Å². The zero-order chi connectivity index (χ0) is 0. The third kappa shape index (κ3) is 61.1. The van der Waals surface area contributed by atoms with Crippen molar-refractivity contribution in [2.24, 2.45) is 0 Å². The van der Waals surface area contributed by atoms with Crippen molar-refractivity contribution in [2.45, 2.75) is 0 Å². The van der Waals surface area contributed by atoms with E-state index in [0.717, 1.165) is 0 Å². The molecule has 0 unspecified atom stereocenters. The quantitative estimate of drug-likeness (QED) is 0.478. The molecule has 0 aliphatic carbocycles. The fourth-order valence-electron chi connectivity index (χ4n) is 0. The van der Waals surface area contributed by atoms with Crippen LogP contribution in [0.2, 0.25) is 0 Å². The average molecular weight is 318 g/mol. The maximum Gasteiger partial charge on any atom is 3.00 e. The van der Waals surface area contributed by atoms with Crippen LogP contribution in [0.15, 0.2) is 0 Å². The van der Waals surface area contributed by atoms with E-state index in [0.29, 0.717) is 0 Å². The first-order valence-electron chi connectivity index (χ1n) is 0. The van der Waals surface area contributed by atoms with E-state index in [1.807, 2.05) is 0 Å². The SMILES string of the molecule is [In+3].[In+3].[Mg+2].[O-2].[O-2].[O-2].[O-2]. The Balaban J connectivity index is 0. The molecule has 4 nitrogen and oxygen atoms in total. The van der Waals surface area contributed by atoms with Crippen LogP contribution in [0.5, 0.6) is 0 Å². The summed E-state index contributed by atoms with van der Waals surface area (Å²) in [6, 6.07) is 0. The van der Waals surface area contributed by atoms with Gasteiger partial charge in [-0.2, -0.15) is 0 Å². The van der Waals surface area contributed by atoms with Crippen LogP contribution < -0.4 is 0 Å². The molecule has 0 rings (SSSR count). The van der Waals surface area contributed by atoms with Crippen molar-refractivity contribution in [3.05, 3.63) is 0 Å². The smallest absolute Gasteiger partial charge is 2.00 e. The van der Waals surface area contributed by atoms with Crippen molar-refractivity contribution in [3.8, 4) is 0 Å². The Labute approximate surface area is 95.4 Å². The van der Waals surface area contributed by atoms with Gasteiger partial charge in [-0.1, -0.05) is 0 Å². The first-order chi connectivity index (χ1) is 0. The second-order valence-corrected chi connectivity index (χ2v) is 0. The summed E-state index contributed by atoms with van der Waals surface area (Å²) in [6.45, 7) is 0. The Kier molecular flexibility index (Phi) is 1380. The van der Waals surface area contributed by atoms with Gasteiger partial charge in [0.25, 0.3) is 0 Å². The van der Waals surface area contributed by atoms with Crippen molar-refractivity contribution < 1.29 is 21.9 Å². The molecule has 0 N–H and O–H groups in total. The van der Waals surface area contributed by atoms with E-state index in [9.17, 15) is 0 Å². The molecule has 0 bridgehead atoms. The van der Waals surface area contributed by atoms with Crippen LogP contribution in [-0.2, 0) is 21.9 Å². The fourth-order valence-corrected chi connectivity index (χ4v) is 0. The van der Waals surface area contributed by atoms with Gasteiger partial charge < -0.3 is 21.9 Å². The van der Waals surface area contributed by atoms with Gasteiger partial charge in [0.1, 0.15) is 0 Å². The molecule has 0 heterocycles. The number of rotatable bonds is 0. The second-order valence-electron chi connectivity index (χ2n) is 0. The Morgan fingerprint density at radius 2 is 0.429 bits per heavy atom. The summed E-state index contributed by atoms with van der Waals surface area (Å²) in [5, 5.41) is 0. The largest absolute Gasteiger partial charge is 3.00 e. The zero-order valence-corrected chi connectivity index (χ0v) is 11.5. The zero-order valence-electron chi connectivity index (χ0n) is 3.49. The second kappa shape index (κ2) is 81.8. The first kappa shape index (κ1) is 118. The van der Waals surface area contributed by atoms with Gasteiger partial charge in [-0.25, -0.2) is 0 Å². The van der Waals surface area contributed by atoms with Gasteiger partial charge in [-0.3, -0.25) is 0 Å². The molecule has 0 fully saturated rings. The van der Waals surface area contributed by atoms with E-state index in [1.165, 1.54) is 0 Å². The van der Waals surface area contributed by atoms with Gasteiger partial charge >= 0.3 is 74.7 Å². The third-order valence-electron chi connectivity index (χ3n) is 0. The van der Waals surface area contributed by atoms with Crippen molar-refractivity contribution in [1.29, 1.82) is 0 Å². The number of hydrogen-bond acceptors (Lipinski definition) is 0. The van der Waals surface area contributed by atoms with Crippen molar-refractivity contribution in [1.82, 2.24) is 0 Å². The molecular formula is In2MgO4. The molecule has 0 amide bonds. The number of hydrogen-bond donors (Lipinski definition) is 0. The van der Waals surface area contributed by atoms with Crippen LogP contribution in [0, 0.1) is 0 Å². The molecule has 0 spiro atoms. The molecule has 0 aliphatic rings. The molecule has 32 valence electrons. The Bertz CT molecular complexity index is 9.65. The van der Waals surface area contributed by atoms with E-state index < -0.39 is 0 Å². The summed E-state index contributed by atoms with van der Waals surface area (Å²) in [7, 11) is 0. The van der Waals surface area contributed by atoms with Gasteiger partial charge in [0.05, 0.1) is 0 Å². The minimum atomic E-state index is 0. The van der Waals surface area contributed by atoms with Crippen molar-refractivity contribution >= 4 is 74.7 Å². The molecule has 0 aromatic rings. The molecule has 0 aliphatic heterocycles. The first-order valence-corrected chi connectivity index (χ1v) is 0. The molecule has 7 heteroatoms. The summed E-state index contributed by atoms with van der Waals surface area (Å²) < 4.78 is 0. The van der Waals surface area contributed by atoms with E-state index in [2.05, 4.69) is 0 Å². The Morgan fingerprint density at radius 1 is 0.429 bits per heavy atom. The van der Waals surface area contributed by atoms with Gasteiger partial charge in [-0.15, -0.1) is 0 Å². The van der Waals surface area contributed by atoms with Crippen LogP contribution in [0.25, 0.3) is 0 Å². The monoisotopic (exact) mass is 318 g/mol. The van der Waals surface area contributed by atoms with Crippen LogP contribution in [0.3, 0.4) is 0 Å². The topological polar surface area (TPSA) is 114 Å². The summed E-state index contributed by atoms with van der Waals surface area (Å²) in [6.07, 6.45) is 0. The van der Waals surface area contributed by atoms with Gasteiger partial charge in [0.15, 0.2) is 0 Å². The predicted molar refractivity (Wildman–Crippen MR) is 20.0 cm³/mol. The standard InChI is InChI=1S/2In.Mg.4O/q2*+3;+2;4*-2. The molecule has 0 aromatic carbocycles. The molecule has 0 aromatic heterocycles. The van der Waals surface area contributed by atoms with E-state index in [4.69, 9.17) is 0 Å². The van der Waals surface area contributed by atoms with Crippen LogP contribution in [0.4, 0.5) is 0 Å². The maximum absolute atomic E-state index is 0. The fraction of sp³-hybridized carbons (Fsp3) is 0. The van der Waals surface area contributed by atoms with Gasteiger partial charge in [-0.05, 0) is 0 Å². The summed E-state index contributed by atoms with van der Waals surface area (Å²) in [5.41, 5.74) is 0. The van der Waals surface area contributed by atoms with Crippen LogP contribution >= 0.6 is 0 Å². The van der Waals surface area contributed by atoms with Crippen molar-refractivity contribution in [3.63, 3.8) is 0 Å². The minimum absolute atomic E-state index is 0. The Morgan fingerprint density at radius 3 is 0.429 bits per heavy atom.